The molecular weight excluding hydrogens is 358 g/mol. The molecule has 0 aliphatic rings. The topological polar surface area (TPSA) is 29.1 Å². The maximum Gasteiger partial charge on any atom is 0.220 e. The number of hydrogen-bond acceptors (Lipinski definition) is 3. The summed E-state index contributed by atoms with van der Waals surface area (Å²) in [4.78, 5) is 11.8. The van der Waals surface area contributed by atoms with Crippen LogP contribution in [0.4, 0.5) is 0 Å². The molecule has 1 amide bonds. The number of amides is 1. The molecule has 5 heteroatoms. The summed E-state index contributed by atoms with van der Waals surface area (Å²) >= 11 is 9.48. The van der Waals surface area contributed by atoms with Crippen LogP contribution >= 0.6 is 35.1 Å². The fraction of sp³-hybridized carbons (Fsp3) is 0.316. The van der Waals surface area contributed by atoms with E-state index < -0.39 is 0 Å². The van der Waals surface area contributed by atoms with E-state index in [1.165, 1.54) is 11.1 Å². The minimum atomic E-state index is 0.141. The van der Waals surface area contributed by atoms with Crippen LogP contribution in [-0.2, 0) is 16.3 Å². The molecule has 0 aliphatic heterocycles. The van der Waals surface area contributed by atoms with Crippen molar-refractivity contribution in [1.82, 2.24) is 5.32 Å². The van der Waals surface area contributed by atoms with Gasteiger partial charge < -0.3 is 5.32 Å². The number of thioether (sulfide) groups is 2. The first-order valence-corrected chi connectivity index (χ1v) is 10.6. The maximum atomic E-state index is 11.8. The SMILES string of the molecule is O=C(CCSCc1ccccc1)NCCSCc1ccc(Cl)cc1. The molecule has 0 aliphatic carbocycles. The first-order chi connectivity index (χ1) is 11.7. The van der Waals surface area contributed by atoms with Crippen LogP contribution in [0.2, 0.25) is 5.02 Å². The molecular formula is C19H22ClNOS2. The van der Waals surface area contributed by atoms with Gasteiger partial charge in [-0.3, -0.25) is 4.79 Å². The van der Waals surface area contributed by atoms with Crippen molar-refractivity contribution in [1.29, 1.82) is 0 Å². The summed E-state index contributed by atoms with van der Waals surface area (Å²) in [7, 11) is 0. The highest BCUT2D eigenvalue weighted by molar-refractivity contribution is 7.98. The van der Waals surface area contributed by atoms with Gasteiger partial charge in [0.1, 0.15) is 0 Å². The first kappa shape index (κ1) is 19.2. The molecule has 0 heterocycles. The number of rotatable bonds is 10. The molecule has 0 saturated heterocycles. The molecule has 0 spiro atoms. The predicted molar refractivity (Wildman–Crippen MR) is 108 cm³/mol. The molecule has 2 nitrogen and oxygen atoms in total. The Bertz CT molecular complexity index is 605. The average Bonchev–Trinajstić information content (AvgIpc) is 2.61. The number of nitrogens with one attached hydrogen (secondary N) is 1. The van der Waals surface area contributed by atoms with E-state index in [0.29, 0.717) is 6.42 Å². The Labute approximate surface area is 157 Å². The van der Waals surface area contributed by atoms with Gasteiger partial charge in [0.05, 0.1) is 0 Å². The van der Waals surface area contributed by atoms with Gasteiger partial charge in [0.2, 0.25) is 5.91 Å². The zero-order chi connectivity index (χ0) is 17.0. The molecule has 0 atom stereocenters. The first-order valence-electron chi connectivity index (χ1n) is 7.94. The summed E-state index contributed by atoms with van der Waals surface area (Å²) in [6, 6.07) is 18.2. The van der Waals surface area contributed by atoms with E-state index in [1.54, 1.807) is 11.8 Å². The minimum absolute atomic E-state index is 0.141. The Balaban J connectivity index is 1.47. The lowest BCUT2D eigenvalue weighted by Crippen LogP contribution is -2.25. The molecule has 2 rings (SSSR count). The van der Waals surface area contributed by atoms with Gasteiger partial charge in [0.15, 0.2) is 0 Å². The number of halogens is 1. The van der Waals surface area contributed by atoms with Crippen LogP contribution in [-0.4, -0.2) is 24.0 Å². The Hall–Kier alpha value is -1.10. The summed E-state index contributed by atoms with van der Waals surface area (Å²) in [6.45, 7) is 0.723. The van der Waals surface area contributed by atoms with E-state index in [2.05, 4.69) is 17.4 Å². The number of benzene rings is 2. The van der Waals surface area contributed by atoms with Crippen LogP contribution < -0.4 is 5.32 Å². The highest BCUT2D eigenvalue weighted by Crippen LogP contribution is 2.15. The predicted octanol–water partition coefficient (Wildman–Crippen LogP) is 5.01. The molecule has 0 bridgehead atoms. The molecule has 0 fully saturated rings. The summed E-state index contributed by atoms with van der Waals surface area (Å²) in [6.07, 6.45) is 0.583. The second kappa shape index (κ2) is 11.5. The largest absolute Gasteiger partial charge is 0.355 e. The van der Waals surface area contributed by atoms with Crippen LogP contribution in [0.3, 0.4) is 0 Å². The highest BCUT2D eigenvalue weighted by Gasteiger charge is 2.01. The molecule has 2 aromatic rings. The van der Waals surface area contributed by atoms with E-state index >= 15 is 0 Å². The van der Waals surface area contributed by atoms with Crippen molar-refractivity contribution in [3.8, 4) is 0 Å². The maximum absolute atomic E-state index is 11.8. The second-order valence-corrected chi connectivity index (χ2v) is 7.96. The molecule has 1 N–H and O–H groups in total. The van der Waals surface area contributed by atoms with Crippen molar-refractivity contribution in [2.24, 2.45) is 0 Å². The number of carbonyl (C=O) groups is 1. The lowest BCUT2D eigenvalue weighted by atomic mass is 10.2. The lowest BCUT2D eigenvalue weighted by molar-refractivity contribution is -0.120. The van der Waals surface area contributed by atoms with Crippen LogP contribution in [0.15, 0.2) is 54.6 Å². The fourth-order valence-corrected chi connectivity index (χ4v) is 3.90. The Morgan fingerprint density at radius 3 is 2.21 bits per heavy atom. The quantitative estimate of drug-likeness (QED) is 0.588. The van der Waals surface area contributed by atoms with Crippen molar-refractivity contribution < 1.29 is 4.79 Å². The van der Waals surface area contributed by atoms with Crippen LogP contribution in [0.25, 0.3) is 0 Å². The lowest BCUT2D eigenvalue weighted by Gasteiger charge is -2.06. The van der Waals surface area contributed by atoms with Gasteiger partial charge in [-0.2, -0.15) is 23.5 Å². The molecule has 24 heavy (non-hydrogen) atoms. The van der Waals surface area contributed by atoms with Gasteiger partial charge in [-0.25, -0.2) is 0 Å². The molecule has 0 saturated carbocycles. The molecule has 2 aromatic carbocycles. The van der Waals surface area contributed by atoms with Crippen molar-refractivity contribution in [3.05, 3.63) is 70.7 Å². The van der Waals surface area contributed by atoms with Gasteiger partial charge in [0, 0.05) is 41.0 Å². The summed E-state index contributed by atoms with van der Waals surface area (Å²) in [5.41, 5.74) is 2.56. The van der Waals surface area contributed by atoms with Crippen molar-refractivity contribution in [2.45, 2.75) is 17.9 Å². The zero-order valence-electron chi connectivity index (χ0n) is 13.5. The van der Waals surface area contributed by atoms with Gasteiger partial charge in [-0.1, -0.05) is 54.1 Å². The van der Waals surface area contributed by atoms with Crippen molar-refractivity contribution in [3.63, 3.8) is 0 Å². The van der Waals surface area contributed by atoms with Gasteiger partial charge in [-0.05, 0) is 23.3 Å². The number of carbonyl (C=O) groups excluding carboxylic acids is 1. The Morgan fingerprint density at radius 2 is 1.50 bits per heavy atom. The van der Waals surface area contributed by atoms with Crippen molar-refractivity contribution in [2.75, 3.05) is 18.1 Å². The normalized spacial score (nSPS) is 10.5. The van der Waals surface area contributed by atoms with E-state index in [9.17, 15) is 4.79 Å². The number of hydrogen-bond donors (Lipinski definition) is 1. The third-order valence-electron chi connectivity index (χ3n) is 3.34. The Kier molecular flexibility index (Phi) is 9.18. The zero-order valence-corrected chi connectivity index (χ0v) is 15.9. The average molecular weight is 380 g/mol. The van der Waals surface area contributed by atoms with E-state index in [1.807, 2.05) is 54.2 Å². The molecule has 0 aromatic heterocycles. The van der Waals surface area contributed by atoms with E-state index in [0.717, 1.165) is 34.6 Å². The van der Waals surface area contributed by atoms with Crippen LogP contribution in [0.1, 0.15) is 17.5 Å². The summed E-state index contributed by atoms with van der Waals surface area (Å²) in [5.74, 6) is 3.83. The molecule has 0 unspecified atom stereocenters. The monoisotopic (exact) mass is 379 g/mol. The van der Waals surface area contributed by atoms with E-state index in [4.69, 9.17) is 11.6 Å². The minimum Gasteiger partial charge on any atom is -0.355 e. The second-order valence-electron chi connectivity index (χ2n) is 5.32. The summed E-state index contributed by atoms with van der Waals surface area (Å²) in [5, 5.41) is 3.75. The summed E-state index contributed by atoms with van der Waals surface area (Å²) < 4.78 is 0. The van der Waals surface area contributed by atoms with Crippen molar-refractivity contribution >= 4 is 41.0 Å². The van der Waals surface area contributed by atoms with Gasteiger partial charge >= 0.3 is 0 Å². The van der Waals surface area contributed by atoms with Gasteiger partial charge in [-0.15, -0.1) is 0 Å². The van der Waals surface area contributed by atoms with Gasteiger partial charge in [0.25, 0.3) is 0 Å². The van der Waals surface area contributed by atoms with Crippen LogP contribution in [0.5, 0.6) is 0 Å². The van der Waals surface area contributed by atoms with Crippen LogP contribution in [0, 0.1) is 0 Å². The highest BCUT2D eigenvalue weighted by atomic mass is 35.5. The van der Waals surface area contributed by atoms with E-state index in [-0.39, 0.29) is 5.91 Å². The standard InChI is InChI=1S/C19H22ClNOS2/c20-18-8-6-17(7-9-18)15-24-13-11-21-19(22)10-12-23-14-16-4-2-1-3-5-16/h1-9H,10-15H2,(H,21,22). The molecule has 128 valence electrons. The smallest absolute Gasteiger partial charge is 0.220 e. The fourth-order valence-electron chi connectivity index (χ4n) is 2.05. The third-order valence-corrected chi connectivity index (χ3v) is 5.65. The Morgan fingerprint density at radius 1 is 0.875 bits per heavy atom. The molecule has 0 radical (unpaired) electrons. The third kappa shape index (κ3) is 8.13.